The van der Waals surface area contributed by atoms with E-state index >= 15 is 0 Å². The lowest BCUT2D eigenvalue weighted by molar-refractivity contribution is -0.383. The standard InChI is InChI=1S/C11H9BrClN5O2/c1-14-10-9(18(19)20)11(16-5-15-10)17-7-4-2-3-6(13)8(7)12/h2-5H,1H3,(H2,14,15,16,17). The fourth-order valence-electron chi connectivity index (χ4n) is 1.55. The second-order valence-corrected chi connectivity index (χ2v) is 4.85. The Morgan fingerprint density at radius 1 is 1.35 bits per heavy atom. The number of nitro groups is 1. The van der Waals surface area contributed by atoms with Gasteiger partial charge in [-0.15, -0.1) is 0 Å². The molecule has 0 radical (unpaired) electrons. The normalized spacial score (nSPS) is 10.2. The summed E-state index contributed by atoms with van der Waals surface area (Å²) in [5, 5.41) is 17.2. The summed E-state index contributed by atoms with van der Waals surface area (Å²) in [5.41, 5.74) is 0.336. The molecule has 1 aromatic heterocycles. The SMILES string of the molecule is CNc1ncnc(Nc2cccc(Cl)c2Br)c1[N+](=O)[O-]. The van der Waals surface area contributed by atoms with E-state index in [0.29, 0.717) is 15.2 Å². The summed E-state index contributed by atoms with van der Waals surface area (Å²) in [6.45, 7) is 0. The van der Waals surface area contributed by atoms with Gasteiger partial charge in [-0.2, -0.15) is 0 Å². The summed E-state index contributed by atoms with van der Waals surface area (Å²) < 4.78 is 0.598. The van der Waals surface area contributed by atoms with Crippen LogP contribution in [0, 0.1) is 10.1 Å². The van der Waals surface area contributed by atoms with Crippen molar-refractivity contribution in [1.82, 2.24) is 9.97 Å². The number of benzene rings is 1. The molecule has 7 nitrogen and oxygen atoms in total. The van der Waals surface area contributed by atoms with Crippen LogP contribution in [-0.2, 0) is 0 Å². The molecule has 0 amide bonds. The molecule has 0 aliphatic heterocycles. The molecule has 0 aliphatic carbocycles. The van der Waals surface area contributed by atoms with Gasteiger partial charge in [0.25, 0.3) is 0 Å². The second-order valence-electron chi connectivity index (χ2n) is 3.65. The van der Waals surface area contributed by atoms with Crippen LogP contribution < -0.4 is 10.6 Å². The number of hydrogen-bond donors (Lipinski definition) is 2. The molecule has 0 unspecified atom stereocenters. The highest BCUT2D eigenvalue weighted by molar-refractivity contribution is 9.10. The van der Waals surface area contributed by atoms with Crippen LogP contribution in [0.1, 0.15) is 0 Å². The predicted octanol–water partition coefficient (Wildman–Crippen LogP) is 3.59. The van der Waals surface area contributed by atoms with E-state index in [0.717, 1.165) is 0 Å². The maximum Gasteiger partial charge on any atom is 0.353 e. The number of hydrogen-bond acceptors (Lipinski definition) is 6. The highest BCUT2D eigenvalue weighted by atomic mass is 79.9. The summed E-state index contributed by atoms with van der Waals surface area (Å²) in [6, 6.07) is 5.15. The summed E-state index contributed by atoms with van der Waals surface area (Å²) in [5.74, 6) is 0.211. The summed E-state index contributed by atoms with van der Waals surface area (Å²) >= 11 is 9.29. The van der Waals surface area contributed by atoms with Gasteiger partial charge >= 0.3 is 5.69 Å². The van der Waals surface area contributed by atoms with Crippen molar-refractivity contribution in [3.05, 3.63) is 44.1 Å². The Morgan fingerprint density at radius 3 is 2.70 bits per heavy atom. The van der Waals surface area contributed by atoms with Crippen LogP contribution in [0.5, 0.6) is 0 Å². The van der Waals surface area contributed by atoms with Gasteiger partial charge in [0.1, 0.15) is 6.33 Å². The number of anilines is 3. The smallest absolute Gasteiger partial charge is 0.353 e. The minimum Gasteiger partial charge on any atom is -0.367 e. The molecule has 20 heavy (non-hydrogen) atoms. The topological polar surface area (TPSA) is 93.0 Å². The molecule has 1 aromatic carbocycles. The molecule has 0 aliphatic rings. The number of aromatic nitrogens is 2. The molecule has 1 heterocycles. The van der Waals surface area contributed by atoms with E-state index in [1.807, 2.05) is 0 Å². The highest BCUT2D eigenvalue weighted by Gasteiger charge is 2.22. The Morgan fingerprint density at radius 2 is 2.05 bits per heavy atom. The minimum atomic E-state index is -0.549. The zero-order chi connectivity index (χ0) is 14.7. The van der Waals surface area contributed by atoms with Gasteiger partial charge in [0.05, 0.1) is 20.1 Å². The molecule has 0 fully saturated rings. The average Bonchev–Trinajstić information content (AvgIpc) is 2.43. The van der Waals surface area contributed by atoms with Crippen molar-refractivity contribution in [3.8, 4) is 0 Å². The van der Waals surface area contributed by atoms with E-state index in [-0.39, 0.29) is 17.3 Å². The van der Waals surface area contributed by atoms with Crippen LogP contribution in [0.3, 0.4) is 0 Å². The van der Waals surface area contributed by atoms with Crippen LogP contribution >= 0.6 is 27.5 Å². The predicted molar refractivity (Wildman–Crippen MR) is 80.7 cm³/mol. The van der Waals surface area contributed by atoms with Crippen molar-refractivity contribution in [1.29, 1.82) is 0 Å². The Balaban J connectivity index is 2.48. The summed E-state index contributed by atoms with van der Waals surface area (Å²) in [7, 11) is 1.55. The first kappa shape index (κ1) is 14.5. The van der Waals surface area contributed by atoms with Gasteiger partial charge in [-0.1, -0.05) is 17.7 Å². The van der Waals surface area contributed by atoms with Gasteiger partial charge in [-0.05, 0) is 28.1 Å². The van der Waals surface area contributed by atoms with Crippen molar-refractivity contribution in [2.45, 2.75) is 0 Å². The first-order valence-electron chi connectivity index (χ1n) is 5.42. The largest absolute Gasteiger partial charge is 0.367 e. The average molecular weight is 359 g/mol. The maximum absolute atomic E-state index is 11.2. The van der Waals surface area contributed by atoms with Crippen LogP contribution in [0.4, 0.5) is 23.0 Å². The fraction of sp³-hybridized carbons (Fsp3) is 0.0909. The van der Waals surface area contributed by atoms with Crippen molar-refractivity contribution < 1.29 is 4.92 Å². The molecule has 104 valence electrons. The van der Waals surface area contributed by atoms with Gasteiger partial charge in [-0.3, -0.25) is 10.1 Å². The molecule has 0 atom stereocenters. The molecular weight excluding hydrogens is 350 g/mol. The number of nitrogens with one attached hydrogen (secondary N) is 2. The van der Waals surface area contributed by atoms with Crippen molar-refractivity contribution in [2.75, 3.05) is 17.7 Å². The quantitative estimate of drug-likeness (QED) is 0.641. The molecule has 0 bridgehead atoms. The van der Waals surface area contributed by atoms with E-state index in [2.05, 4.69) is 36.5 Å². The van der Waals surface area contributed by atoms with Gasteiger partial charge in [0.15, 0.2) is 0 Å². The van der Waals surface area contributed by atoms with Crippen LogP contribution in [0.15, 0.2) is 29.0 Å². The third-order valence-electron chi connectivity index (χ3n) is 2.45. The molecule has 0 saturated carbocycles. The first-order valence-corrected chi connectivity index (χ1v) is 6.60. The monoisotopic (exact) mass is 357 g/mol. The Kier molecular flexibility index (Phi) is 4.35. The van der Waals surface area contributed by atoms with Crippen LogP contribution in [-0.4, -0.2) is 21.9 Å². The van der Waals surface area contributed by atoms with E-state index in [1.165, 1.54) is 6.33 Å². The third-order valence-corrected chi connectivity index (χ3v) is 3.84. The molecule has 9 heteroatoms. The number of nitrogens with zero attached hydrogens (tertiary/aromatic N) is 3. The van der Waals surface area contributed by atoms with Gasteiger partial charge < -0.3 is 10.6 Å². The van der Waals surface area contributed by atoms with Crippen molar-refractivity contribution >= 4 is 50.5 Å². The summed E-state index contributed by atoms with van der Waals surface area (Å²) in [6.07, 6.45) is 1.24. The molecule has 0 saturated heterocycles. The Hall–Kier alpha value is -1.93. The number of halogens is 2. The lowest BCUT2D eigenvalue weighted by Crippen LogP contribution is -2.05. The summed E-state index contributed by atoms with van der Waals surface area (Å²) in [4.78, 5) is 18.3. The van der Waals surface area contributed by atoms with E-state index in [9.17, 15) is 10.1 Å². The van der Waals surface area contributed by atoms with Crippen LogP contribution in [0.2, 0.25) is 5.02 Å². The van der Waals surface area contributed by atoms with E-state index in [1.54, 1.807) is 25.2 Å². The van der Waals surface area contributed by atoms with Gasteiger partial charge in [0.2, 0.25) is 11.6 Å². The minimum absolute atomic E-state index is 0.0808. The molecule has 0 spiro atoms. The first-order chi connectivity index (χ1) is 9.54. The van der Waals surface area contributed by atoms with Crippen LogP contribution in [0.25, 0.3) is 0 Å². The maximum atomic E-state index is 11.2. The lowest BCUT2D eigenvalue weighted by Gasteiger charge is -2.10. The number of rotatable bonds is 4. The second kappa shape index (κ2) is 6.02. The molecular formula is C11H9BrClN5O2. The molecule has 2 rings (SSSR count). The van der Waals surface area contributed by atoms with Gasteiger partial charge in [0, 0.05) is 7.05 Å². The zero-order valence-electron chi connectivity index (χ0n) is 10.2. The molecule has 2 N–H and O–H groups in total. The fourth-order valence-corrected chi connectivity index (χ4v) is 2.09. The van der Waals surface area contributed by atoms with E-state index in [4.69, 9.17) is 11.6 Å². The van der Waals surface area contributed by atoms with Crippen molar-refractivity contribution in [2.24, 2.45) is 0 Å². The Labute approximate surface area is 127 Å². The third kappa shape index (κ3) is 2.81. The van der Waals surface area contributed by atoms with E-state index < -0.39 is 4.92 Å². The van der Waals surface area contributed by atoms with Crippen molar-refractivity contribution in [3.63, 3.8) is 0 Å². The van der Waals surface area contributed by atoms with Gasteiger partial charge in [-0.25, -0.2) is 9.97 Å². The Bertz CT molecular complexity index is 667. The zero-order valence-corrected chi connectivity index (χ0v) is 12.6. The molecule has 2 aromatic rings. The lowest BCUT2D eigenvalue weighted by atomic mass is 10.3. The highest BCUT2D eigenvalue weighted by Crippen LogP contribution is 2.35.